The van der Waals surface area contributed by atoms with Gasteiger partial charge in [-0.25, -0.2) is 13.4 Å². The molecule has 1 aliphatic rings. The van der Waals surface area contributed by atoms with Gasteiger partial charge in [-0.05, 0) is 35.9 Å². The second-order valence-electron chi connectivity index (χ2n) is 7.91. The van der Waals surface area contributed by atoms with Gasteiger partial charge >= 0.3 is 0 Å². The summed E-state index contributed by atoms with van der Waals surface area (Å²) in [6.07, 6.45) is 2.71. The zero-order chi connectivity index (χ0) is 22.6. The molecule has 1 amide bonds. The maximum atomic E-state index is 12.6. The Hall–Kier alpha value is -2.10. The number of thioether (sulfide) groups is 1. The third kappa shape index (κ3) is 5.82. The van der Waals surface area contributed by atoms with Crippen LogP contribution >= 0.6 is 23.1 Å². The number of aromatic nitrogens is 1. The fraction of sp³-hybridized carbons (Fsp3) is 0.391. The zero-order valence-electron chi connectivity index (χ0n) is 18.1. The van der Waals surface area contributed by atoms with Crippen molar-refractivity contribution in [2.24, 2.45) is 0 Å². The van der Waals surface area contributed by atoms with E-state index in [2.05, 4.69) is 34.1 Å². The molecule has 1 aliphatic heterocycles. The molecule has 170 valence electrons. The molecule has 0 spiro atoms. The van der Waals surface area contributed by atoms with Crippen LogP contribution in [0.15, 0.2) is 53.4 Å². The van der Waals surface area contributed by atoms with Crippen LogP contribution in [0.5, 0.6) is 0 Å². The number of carbonyl (C=O) groups is 1. The van der Waals surface area contributed by atoms with Crippen molar-refractivity contribution in [3.8, 4) is 0 Å². The molecule has 2 aromatic carbocycles. The van der Waals surface area contributed by atoms with Gasteiger partial charge in [0.2, 0.25) is 5.91 Å². The predicted octanol–water partition coefficient (Wildman–Crippen LogP) is 4.06. The lowest BCUT2D eigenvalue weighted by Gasteiger charge is -2.34. The fourth-order valence-electron chi connectivity index (χ4n) is 3.65. The highest BCUT2D eigenvalue weighted by atomic mass is 32.2. The quantitative estimate of drug-likeness (QED) is 0.445. The second-order valence-corrected chi connectivity index (χ2v) is 12.0. The maximum absolute atomic E-state index is 12.6. The first-order chi connectivity index (χ1) is 15.4. The molecule has 0 atom stereocenters. The number of thiazole rings is 1. The molecule has 0 radical (unpaired) electrons. The normalized spacial score (nSPS) is 14.8. The van der Waals surface area contributed by atoms with Gasteiger partial charge in [0.15, 0.2) is 15.0 Å². The van der Waals surface area contributed by atoms with Crippen molar-refractivity contribution in [2.45, 2.75) is 23.5 Å². The topological polar surface area (TPSA) is 70.6 Å². The number of amides is 1. The maximum Gasteiger partial charge on any atom is 0.222 e. The summed E-state index contributed by atoms with van der Waals surface area (Å²) in [5.74, 6) is 2.20. The van der Waals surface area contributed by atoms with Crippen LogP contribution in [0, 0.1) is 0 Å². The summed E-state index contributed by atoms with van der Waals surface area (Å²) in [6.45, 7) is 2.88. The largest absolute Gasteiger partial charge is 0.345 e. The van der Waals surface area contributed by atoms with Gasteiger partial charge in [-0.1, -0.05) is 41.7 Å². The van der Waals surface area contributed by atoms with Crippen molar-refractivity contribution in [3.63, 3.8) is 0 Å². The minimum Gasteiger partial charge on any atom is -0.345 e. The Morgan fingerprint density at radius 1 is 1.09 bits per heavy atom. The standard InChI is InChI=1S/C23H27N3O3S3/c1-32(28,29)19-9-10-20-21(16-19)31-23(24-20)26-13-11-25(12-14-26)22(27)8-5-15-30-17-18-6-3-2-4-7-18/h2-4,6-7,9-10,16H,5,8,11-15,17H2,1H3. The highest BCUT2D eigenvalue weighted by Crippen LogP contribution is 2.31. The predicted molar refractivity (Wildman–Crippen MR) is 133 cm³/mol. The Labute approximate surface area is 197 Å². The fourth-order valence-corrected chi connectivity index (χ4v) is 6.35. The molecule has 0 saturated carbocycles. The number of anilines is 1. The first-order valence-corrected chi connectivity index (χ1v) is 14.5. The molecule has 1 saturated heterocycles. The lowest BCUT2D eigenvalue weighted by Crippen LogP contribution is -2.48. The van der Waals surface area contributed by atoms with Gasteiger partial charge in [0.05, 0.1) is 15.1 Å². The van der Waals surface area contributed by atoms with Gasteiger partial charge in [0.1, 0.15) is 0 Å². The summed E-state index contributed by atoms with van der Waals surface area (Å²) in [5.41, 5.74) is 2.13. The van der Waals surface area contributed by atoms with Crippen molar-refractivity contribution in [1.82, 2.24) is 9.88 Å². The molecule has 0 N–H and O–H groups in total. The van der Waals surface area contributed by atoms with Crippen LogP contribution in [0.3, 0.4) is 0 Å². The molecule has 9 heteroatoms. The van der Waals surface area contributed by atoms with E-state index in [0.717, 1.165) is 46.4 Å². The lowest BCUT2D eigenvalue weighted by molar-refractivity contribution is -0.131. The zero-order valence-corrected chi connectivity index (χ0v) is 20.5. The van der Waals surface area contributed by atoms with Crippen LogP contribution in [0.4, 0.5) is 5.13 Å². The van der Waals surface area contributed by atoms with Gasteiger partial charge in [-0.2, -0.15) is 11.8 Å². The average molecular weight is 490 g/mol. The van der Waals surface area contributed by atoms with E-state index in [0.29, 0.717) is 24.4 Å². The number of hydrogen-bond donors (Lipinski definition) is 0. The molecular weight excluding hydrogens is 462 g/mol. The lowest BCUT2D eigenvalue weighted by atomic mass is 10.2. The molecule has 2 heterocycles. The van der Waals surface area contributed by atoms with Crippen LogP contribution in [-0.2, 0) is 20.4 Å². The van der Waals surface area contributed by atoms with Gasteiger partial charge in [-0.3, -0.25) is 4.79 Å². The Morgan fingerprint density at radius 2 is 1.84 bits per heavy atom. The monoisotopic (exact) mass is 489 g/mol. The number of hydrogen-bond acceptors (Lipinski definition) is 7. The molecule has 6 nitrogen and oxygen atoms in total. The second kappa shape index (κ2) is 10.2. The van der Waals surface area contributed by atoms with Crippen molar-refractivity contribution < 1.29 is 13.2 Å². The molecule has 1 aromatic heterocycles. The molecule has 3 aromatic rings. The van der Waals surface area contributed by atoms with Crippen molar-refractivity contribution in [2.75, 3.05) is 43.1 Å². The summed E-state index contributed by atoms with van der Waals surface area (Å²) >= 11 is 3.38. The Bertz CT molecular complexity index is 1170. The summed E-state index contributed by atoms with van der Waals surface area (Å²) in [4.78, 5) is 21.7. The Morgan fingerprint density at radius 3 is 2.56 bits per heavy atom. The minimum atomic E-state index is -3.23. The number of carbonyl (C=O) groups excluding carboxylic acids is 1. The smallest absolute Gasteiger partial charge is 0.222 e. The number of rotatable bonds is 8. The molecule has 32 heavy (non-hydrogen) atoms. The van der Waals surface area contributed by atoms with Crippen LogP contribution < -0.4 is 4.90 Å². The Balaban J connectivity index is 1.23. The molecule has 0 unspecified atom stereocenters. The van der Waals surface area contributed by atoms with E-state index in [1.165, 1.54) is 23.2 Å². The molecule has 1 fully saturated rings. The van der Waals surface area contributed by atoms with E-state index >= 15 is 0 Å². The van der Waals surface area contributed by atoms with E-state index in [4.69, 9.17) is 0 Å². The molecule has 0 aliphatic carbocycles. The highest BCUT2D eigenvalue weighted by molar-refractivity contribution is 7.98. The highest BCUT2D eigenvalue weighted by Gasteiger charge is 2.23. The summed E-state index contributed by atoms with van der Waals surface area (Å²) in [6, 6.07) is 15.5. The number of nitrogens with zero attached hydrogens (tertiary/aromatic N) is 3. The minimum absolute atomic E-state index is 0.229. The number of piperazine rings is 1. The number of benzene rings is 2. The van der Waals surface area contributed by atoms with Crippen LogP contribution in [0.25, 0.3) is 10.2 Å². The summed E-state index contributed by atoms with van der Waals surface area (Å²) in [7, 11) is -3.23. The number of sulfone groups is 1. The summed E-state index contributed by atoms with van der Waals surface area (Å²) in [5, 5.41) is 0.884. The average Bonchev–Trinajstić information content (AvgIpc) is 3.22. The Kier molecular flexibility index (Phi) is 7.37. The van der Waals surface area contributed by atoms with Crippen LogP contribution in [0.1, 0.15) is 18.4 Å². The van der Waals surface area contributed by atoms with Gasteiger partial charge < -0.3 is 9.80 Å². The van der Waals surface area contributed by atoms with Crippen LogP contribution in [-0.4, -0.2) is 62.4 Å². The first kappa shape index (κ1) is 23.1. The third-order valence-electron chi connectivity index (χ3n) is 5.47. The molecule has 4 rings (SSSR count). The molecule has 0 bridgehead atoms. The van der Waals surface area contributed by atoms with E-state index in [1.807, 2.05) is 22.7 Å². The third-order valence-corrected chi connectivity index (χ3v) is 8.77. The van der Waals surface area contributed by atoms with Gasteiger partial charge in [0, 0.05) is 44.6 Å². The van der Waals surface area contributed by atoms with E-state index in [-0.39, 0.29) is 5.91 Å². The molecular formula is C23H27N3O3S3. The van der Waals surface area contributed by atoms with Crippen molar-refractivity contribution in [1.29, 1.82) is 0 Å². The van der Waals surface area contributed by atoms with Crippen LogP contribution in [0.2, 0.25) is 0 Å². The SMILES string of the molecule is CS(=O)(=O)c1ccc2nc(N3CCN(C(=O)CCCSCc4ccccc4)CC3)sc2c1. The van der Waals surface area contributed by atoms with E-state index < -0.39 is 9.84 Å². The van der Waals surface area contributed by atoms with Crippen molar-refractivity contribution >= 4 is 54.2 Å². The van der Waals surface area contributed by atoms with E-state index in [9.17, 15) is 13.2 Å². The first-order valence-electron chi connectivity index (χ1n) is 10.7. The summed E-state index contributed by atoms with van der Waals surface area (Å²) < 4.78 is 24.5. The van der Waals surface area contributed by atoms with Gasteiger partial charge in [-0.15, -0.1) is 0 Å². The van der Waals surface area contributed by atoms with Gasteiger partial charge in [0.25, 0.3) is 0 Å². The van der Waals surface area contributed by atoms with Crippen molar-refractivity contribution in [3.05, 3.63) is 54.1 Å². The number of fused-ring (bicyclic) bond motifs is 1. The van der Waals surface area contributed by atoms with E-state index in [1.54, 1.807) is 18.2 Å².